The topological polar surface area (TPSA) is 57.6 Å². The van der Waals surface area contributed by atoms with Gasteiger partial charge in [0, 0.05) is 0 Å². The molecular formula is C12H27NO3S. The van der Waals surface area contributed by atoms with Crippen molar-refractivity contribution in [2.75, 3.05) is 25.9 Å². The second-order valence-corrected chi connectivity index (χ2v) is 6.27. The average Bonchev–Trinajstić information content (AvgIpc) is 2.19. The average molecular weight is 265 g/mol. The summed E-state index contributed by atoms with van der Waals surface area (Å²) in [6.45, 7) is 8.62. The fourth-order valence-corrected chi connectivity index (χ4v) is 2.22. The van der Waals surface area contributed by atoms with E-state index >= 15 is 0 Å². The van der Waals surface area contributed by atoms with Crippen molar-refractivity contribution in [3.05, 3.63) is 0 Å². The predicted octanol–water partition coefficient (Wildman–Crippen LogP) is 2.41. The monoisotopic (exact) mass is 265 g/mol. The summed E-state index contributed by atoms with van der Waals surface area (Å²) < 4.78 is 25.9. The van der Waals surface area contributed by atoms with E-state index in [0.29, 0.717) is 6.26 Å². The molecule has 0 aromatic carbocycles. The molecule has 1 heterocycles. The first-order chi connectivity index (χ1) is 7.86. The lowest BCUT2D eigenvalue weighted by Gasteiger charge is -2.31. The van der Waals surface area contributed by atoms with Crippen LogP contribution in [0.25, 0.3) is 0 Å². The quantitative estimate of drug-likeness (QED) is 0.793. The second-order valence-electron chi connectivity index (χ2n) is 4.81. The lowest BCUT2D eigenvalue weighted by Crippen LogP contribution is -2.34. The molecule has 1 aliphatic heterocycles. The zero-order chi connectivity index (χ0) is 13.3. The number of hydrogen-bond donors (Lipinski definition) is 1. The zero-order valence-electron chi connectivity index (χ0n) is 11.4. The molecule has 0 aromatic heterocycles. The van der Waals surface area contributed by atoms with Gasteiger partial charge in [-0.15, -0.1) is 0 Å². The standard InChI is InChI=1S/C11H23N.CH4O3S/c1-3-5-11-6-9-12(8-4-2)10-7-11;1-5(2,3)4/h11H,3-10H2,1-2H3;1H3,(H,2,3,4). The third-order valence-corrected chi connectivity index (χ3v) is 2.94. The molecule has 0 spiro atoms. The van der Waals surface area contributed by atoms with Gasteiger partial charge in [-0.25, -0.2) is 0 Å². The van der Waals surface area contributed by atoms with Crippen molar-refractivity contribution in [2.45, 2.75) is 46.0 Å². The van der Waals surface area contributed by atoms with Crippen LogP contribution in [0.3, 0.4) is 0 Å². The first-order valence-corrected chi connectivity index (χ1v) is 8.36. The molecule has 0 aromatic rings. The van der Waals surface area contributed by atoms with E-state index in [-0.39, 0.29) is 0 Å². The maximum atomic E-state index is 9.19. The van der Waals surface area contributed by atoms with Gasteiger partial charge < -0.3 is 4.90 Å². The van der Waals surface area contributed by atoms with Crippen LogP contribution in [0.2, 0.25) is 0 Å². The fraction of sp³-hybridized carbons (Fsp3) is 1.00. The molecule has 1 saturated heterocycles. The highest BCUT2D eigenvalue weighted by molar-refractivity contribution is 7.85. The number of likely N-dealkylation sites (tertiary alicyclic amines) is 1. The minimum atomic E-state index is -3.67. The van der Waals surface area contributed by atoms with Gasteiger partial charge in [-0.2, -0.15) is 8.42 Å². The van der Waals surface area contributed by atoms with Crippen molar-refractivity contribution < 1.29 is 13.0 Å². The third-order valence-electron chi connectivity index (χ3n) is 2.94. The van der Waals surface area contributed by atoms with E-state index in [1.807, 2.05) is 0 Å². The Bertz CT molecular complexity index is 247. The third kappa shape index (κ3) is 12.1. The first-order valence-electron chi connectivity index (χ1n) is 6.51. The number of hydrogen-bond acceptors (Lipinski definition) is 3. The van der Waals surface area contributed by atoms with E-state index in [1.54, 1.807) is 0 Å². The summed E-state index contributed by atoms with van der Waals surface area (Å²) in [5, 5.41) is 0. The minimum Gasteiger partial charge on any atom is -0.303 e. The Kier molecular flexibility index (Phi) is 8.82. The molecule has 0 amide bonds. The van der Waals surface area contributed by atoms with Crippen molar-refractivity contribution in [1.29, 1.82) is 0 Å². The van der Waals surface area contributed by atoms with Crippen molar-refractivity contribution in [3.63, 3.8) is 0 Å². The van der Waals surface area contributed by atoms with Gasteiger partial charge in [0.25, 0.3) is 10.1 Å². The smallest absolute Gasteiger partial charge is 0.261 e. The molecule has 0 radical (unpaired) electrons. The van der Waals surface area contributed by atoms with Crippen LogP contribution in [0, 0.1) is 5.92 Å². The van der Waals surface area contributed by atoms with Crippen LogP contribution in [-0.2, 0) is 10.1 Å². The molecule has 1 N–H and O–H groups in total. The van der Waals surface area contributed by atoms with E-state index in [0.717, 1.165) is 5.92 Å². The first kappa shape index (κ1) is 16.9. The summed E-state index contributed by atoms with van der Waals surface area (Å²) >= 11 is 0. The molecule has 1 rings (SSSR count). The van der Waals surface area contributed by atoms with E-state index in [4.69, 9.17) is 4.55 Å². The molecule has 0 aliphatic carbocycles. The summed E-state index contributed by atoms with van der Waals surface area (Å²) in [7, 11) is -3.67. The van der Waals surface area contributed by atoms with E-state index in [1.165, 1.54) is 51.7 Å². The highest BCUT2D eigenvalue weighted by atomic mass is 32.2. The molecule has 1 aliphatic rings. The number of piperidine rings is 1. The van der Waals surface area contributed by atoms with Crippen LogP contribution in [0.15, 0.2) is 0 Å². The molecule has 1 fully saturated rings. The predicted molar refractivity (Wildman–Crippen MR) is 71.8 cm³/mol. The Morgan fingerprint density at radius 2 is 1.65 bits per heavy atom. The lowest BCUT2D eigenvalue weighted by atomic mass is 9.92. The summed E-state index contributed by atoms with van der Waals surface area (Å²) in [5.74, 6) is 1.04. The molecule has 0 unspecified atom stereocenters. The molecular weight excluding hydrogens is 238 g/mol. The van der Waals surface area contributed by atoms with Crippen molar-refractivity contribution in [1.82, 2.24) is 4.90 Å². The van der Waals surface area contributed by atoms with Gasteiger partial charge in [0.1, 0.15) is 0 Å². The summed E-state index contributed by atoms with van der Waals surface area (Å²) in [5.41, 5.74) is 0. The van der Waals surface area contributed by atoms with Crippen LogP contribution in [0.5, 0.6) is 0 Å². The fourth-order valence-electron chi connectivity index (χ4n) is 2.22. The Morgan fingerprint density at radius 3 is 2.00 bits per heavy atom. The molecule has 104 valence electrons. The molecule has 0 atom stereocenters. The maximum Gasteiger partial charge on any atom is 0.261 e. The van der Waals surface area contributed by atoms with E-state index in [2.05, 4.69) is 18.7 Å². The number of rotatable bonds is 4. The van der Waals surface area contributed by atoms with Crippen molar-refractivity contribution in [3.8, 4) is 0 Å². The van der Waals surface area contributed by atoms with Gasteiger partial charge >= 0.3 is 0 Å². The maximum absolute atomic E-state index is 9.19. The van der Waals surface area contributed by atoms with Gasteiger partial charge in [-0.3, -0.25) is 4.55 Å². The second kappa shape index (κ2) is 8.89. The van der Waals surface area contributed by atoms with Crippen molar-refractivity contribution in [2.24, 2.45) is 5.92 Å². The zero-order valence-corrected chi connectivity index (χ0v) is 12.2. The van der Waals surface area contributed by atoms with Gasteiger partial charge in [0.2, 0.25) is 0 Å². The summed E-state index contributed by atoms with van der Waals surface area (Å²) in [6, 6.07) is 0. The Morgan fingerprint density at radius 1 is 1.18 bits per heavy atom. The summed E-state index contributed by atoms with van der Waals surface area (Å²) in [6.07, 6.45) is 7.77. The molecule has 0 bridgehead atoms. The van der Waals surface area contributed by atoms with Crippen LogP contribution < -0.4 is 0 Å². The lowest BCUT2D eigenvalue weighted by molar-refractivity contribution is 0.179. The van der Waals surface area contributed by atoms with E-state index in [9.17, 15) is 8.42 Å². The Hall–Kier alpha value is -0.130. The van der Waals surface area contributed by atoms with Crippen LogP contribution in [0.4, 0.5) is 0 Å². The van der Waals surface area contributed by atoms with Crippen LogP contribution in [-0.4, -0.2) is 43.8 Å². The minimum absolute atomic E-state index is 0.715. The van der Waals surface area contributed by atoms with Crippen LogP contribution in [0.1, 0.15) is 46.0 Å². The summed E-state index contributed by atoms with van der Waals surface area (Å²) in [4.78, 5) is 2.62. The SMILES string of the molecule is CCCC1CCN(CCC)CC1.CS(=O)(=O)O. The van der Waals surface area contributed by atoms with Crippen molar-refractivity contribution >= 4 is 10.1 Å². The van der Waals surface area contributed by atoms with E-state index < -0.39 is 10.1 Å². The van der Waals surface area contributed by atoms with Gasteiger partial charge in [-0.1, -0.05) is 26.7 Å². The molecule has 5 heteroatoms. The largest absolute Gasteiger partial charge is 0.303 e. The van der Waals surface area contributed by atoms with Crippen LogP contribution >= 0.6 is 0 Å². The molecule has 4 nitrogen and oxygen atoms in total. The molecule has 17 heavy (non-hydrogen) atoms. The highest BCUT2D eigenvalue weighted by Crippen LogP contribution is 2.21. The molecule has 0 saturated carbocycles. The Balaban J connectivity index is 0.000000437. The number of nitrogens with zero attached hydrogens (tertiary/aromatic N) is 1. The normalized spacial score (nSPS) is 18.6. The Labute approximate surface area is 106 Å². The van der Waals surface area contributed by atoms with Gasteiger partial charge in [0.15, 0.2) is 0 Å². The van der Waals surface area contributed by atoms with Gasteiger partial charge in [-0.05, 0) is 44.8 Å². The van der Waals surface area contributed by atoms with Gasteiger partial charge in [0.05, 0.1) is 6.26 Å². The highest BCUT2D eigenvalue weighted by Gasteiger charge is 2.16.